The largest absolute Gasteiger partial charge is 0.335 e. The first-order chi connectivity index (χ1) is 12.6. The Morgan fingerprint density at radius 3 is 2.85 bits per heavy atom. The lowest BCUT2D eigenvalue weighted by Gasteiger charge is -2.24. The highest BCUT2D eigenvalue weighted by Crippen LogP contribution is 2.33. The number of amides is 1. The number of rotatable bonds is 2. The van der Waals surface area contributed by atoms with Crippen molar-refractivity contribution in [2.24, 2.45) is 0 Å². The highest BCUT2D eigenvalue weighted by molar-refractivity contribution is 6.33. The monoisotopic (exact) mass is 370 g/mol. The zero-order chi connectivity index (χ0) is 18.3. The Hall–Kier alpha value is -2.73. The Balaban J connectivity index is 1.81. The van der Waals surface area contributed by atoms with E-state index in [9.17, 15) is 9.18 Å². The van der Waals surface area contributed by atoms with Crippen LogP contribution in [0.5, 0.6) is 0 Å². The lowest BCUT2D eigenvalue weighted by molar-refractivity contribution is 0.0769. The second-order valence-electron chi connectivity index (χ2n) is 6.16. The summed E-state index contributed by atoms with van der Waals surface area (Å²) in [5.41, 5.74) is 2.37. The summed E-state index contributed by atoms with van der Waals surface area (Å²) >= 11 is 6.17. The Labute approximate surface area is 154 Å². The molecule has 3 heterocycles. The number of carbonyl (C=O) groups is 1. The molecule has 0 bridgehead atoms. The van der Waals surface area contributed by atoms with Gasteiger partial charge in [0.05, 0.1) is 28.0 Å². The SMILES string of the molecule is Cc1c(C(=O)N2CC=CCC2)cnc2c(-c3c(F)cccc3Cl)cnn12. The molecular weight excluding hydrogens is 355 g/mol. The molecule has 0 unspecified atom stereocenters. The molecule has 1 aromatic carbocycles. The van der Waals surface area contributed by atoms with Gasteiger partial charge in [0.15, 0.2) is 5.65 Å². The Bertz CT molecular complexity index is 1020. The van der Waals surface area contributed by atoms with E-state index in [1.54, 1.807) is 28.5 Å². The van der Waals surface area contributed by atoms with Crippen LogP contribution in [0.3, 0.4) is 0 Å². The van der Waals surface area contributed by atoms with Crippen molar-refractivity contribution in [3.63, 3.8) is 0 Å². The summed E-state index contributed by atoms with van der Waals surface area (Å²) in [5.74, 6) is -0.519. The molecule has 0 fully saturated rings. The van der Waals surface area contributed by atoms with Gasteiger partial charge in [-0.3, -0.25) is 4.79 Å². The van der Waals surface area contributed by atoms with E-state index in [0.29, 0.717) is 40.6 Å². The highest BCUT2D eigenvalue weighted by Gasteiger charge is 2.22. The summed E-state index contributed by atoms with van der Waals surface area (Å²) in [5, 5.41) is 4.60. The van der Waals surface area contributed by atoms with Crippen LogP contribution in [0.25, 0.3) is 16.8 Å². The number of aryl methyl sites for hydroxylation is 1. The summed E-state index contributed by atoms with van der Waals surface area (Å²) in [7, 11) is 0. The van der Waals surface area contributed by atoms with Crippen LogP contribution in [0.1, 0.15) is 22.5 Å². The molecule has 1 aliphatic rings. The third-order valence-corrected chi connectivity index (χ3v) is 4.89. The quantitative estimate of drug-likeness (QED) is 0.643. The average molecular weight is 371 g/mol. The van der Waals surface area contributed by atoms with Gasteiger partial charge in [-0.1, -0.05) is 29.8 Å². The molecule has 2 aromatic heterocycles. The number of fused-ring (bicyclic) bond motifs is 1. The van der Waals surface area contributed by atoms with Crippen molar-refractivity contribution in [3.05, 3.63) is 64.8 Å². The van der Waals surface area contributed by atoms with E-state index in [-0.39, 0.29) is 11.5 Å². The van der Waals surface area contributed by atoms with Gasteiger partial charge in [-0.15, -0.1) is 0 Å². The van der Waals surface area contributed by atoms with Crippen LogP contribution < -0.4 is 0 Å². The molecule has 0 N–H and O–H groups in total. The summed E-state index contributed by atoms with van der Waals surface area (Å²) < 4.78 is 15.8. The maximum absolute atomic E-state index is 14.3. The van der Waals surface area contributed by atoms with Crippen LogP contribution in [0.2, 0.25) is 5.02 Å². The van der Waals surface area contributed by atoms with Crippen LogP contribution in [0.4, 0.5) is 4.39 Å². The van der Waals surface area contributed by atoms with Gasteiger partial charge >= 0.3 is 0 Å². The van der Waals surface area contributed by atoms with Gasteiger partial charge in [0.1, 0.15) is 5.82 Å². The van der Waals surface area contributed by atoms with Crippen LogP contribution in [0.15, 0.2) is 42.7 Å². The van der Waals surface area contributed by atoms with Crippen molar-refractivity contribution in [2.75, 3.05) is 13.1 Å². The number of hydrogen-bond acceptors (Lipinski definition) is 3. The fourth-order valence-electron chi connectivity index (χ4n) is 3.18. The van der Waals surface area contributed by atoms with Gasteiger partial charge in [0.25, 0.3) is 5.91 Å². The third kappa shape index (κ3) is 2.66. The normalized spacial score (nSPS) is 14.2. The minimum absolute atomic E-state index is 0.0813. The zero-order valence-corrected chi connectivity index (χ0v) is 14.9. The van der Waals surface area contributed by atoms with Crippen LogP contribution >= 0.6 is 11.6 Å². The third-order valence-electron chi connectivity index (χ3n) is 4.58. The number of benzene rings is 1. The van der Waals surface area contributed by atoms with E-state index >= 15 is 0 Å². The van der Waals surface area contributed by atoms with Gasteiger partial charge in [0.2, 0.25) is 0 Å². The highest BCUT2D eigenvalue weighted by atomic mass is 35.5. The molecule has 132 valence electrons. The Morgan fingerprint density at radius 1 is 1.27 bits per heavy atom. The smallest absolute Gasteiger partial charge is 0.257 e. The van der Waals surface area contributed by atoms with Crippen molar-refractivity contribution < 1.29 is 9.18 Å². The van der Waals surface area contributed by atoms with Crippen LogP contribution in [-0.2, 0) is 0 Å². The van der Waals surface area contributed by atoms with Crippen LogP contribution in [-0.4, -0.2) is 38.5 Å². The summed E-state index contributed by atoms with van der Waals surface area (Å²) in [4.78, 5) is 18.9. The van der Waals surface area contributed by atoms with Crippen molar-refractivity contribution in [1.82, 2.24) is 19.5 Å². The van der Waals surface area contributed by atoms with Gasteiger partial charge in [-0.05, 0) is 25.5 Å². The van der Waals surface area contributed by atoms with Crippen molar-refractivity contribution in [3.8, 4) is 11.1 Å². The molecule has 0 atom stereocenters. The molecule has 4 rings (SSSR count). The molecule has 0 saturated heterocycles. The summed E-state index contributed by atoms with van der Waals surface area (Å²) in [6, 6.07) is 4.52. The fraction of sp³-hybridized carbons (Fsp3) is 0.211. The molecular formula is C19H16ClFN4O. The number of aromatic nitrogens is 3. The molecule has 0 spiro atoms. The fourth-order valence-corrected chi connectivity index (χ4v) is 3.45. The Kier molecular flexibility index (Phi) is 4.20. The van der Waals surface area contributed by atoms with E-state index in [1.165, 1.54) is 18.5 Å². The second kappa shape index (κ2) is 6.53. The van der Waals surface area contributed by atoms with E-state index < -0.39 is 5.82 Å². The molecule has 26 heavy (non-hydrogen) atoms. The lowest BCUT2D eigenvalue weighted by atomic mass is 10.1. The van der Waals surface area contributed by atoms with Crippen molar-refractivity contribution in [2.45, 2.75) is 13.3 Å². The minimum Gasteiger partial charge on any atom is -0.335 e. The molecule has 7 heteroatoms. The van der Waals surface area contributed by atoms with Gasteiger partial charge in [-0.2, -0.15) is 5.10 Å². The van der Waals surface area contributed by atoms with Crippen molar-refractivity contribution in [1.29, 1.82) is 0 Å². The zero-order valence-electron chi connectivity index (χ0n) is 14.1. The number of halogens is 2. The predicted molar refractivity (Wildman–Crippen MR) is 97.8 cm³/mol. The topological polar surface area (TPSA) is 50.5 Å². The van der Waals surface area contributed by atoms with Gasteiger partial charge in [-0.25, -0.2) is 13.9 Å². The van der Waals surface area contributed by atoms with Crippen molar-refractivity contribution >= 4 is 23.2 Å². The maximum atomic E-state index is 14.3. The molecule has 1 aliphatic heterocycles. The molecule has 0 aliphatic carbocycles. The minimum atomic E-state index is -0.438. The summed E-state index contributed by atoms with van der Waals surface area (Å²) in [6.45, 7) is 3.08. The molecule has 5 nitrogen and oxygen atoms in total. The Morgan fingerprint density at radius 2 is 2.12 bits per heavy atom. The average Bonchev–Trinajstić information content (AvgIpc) is 3.07. The number of nitrogens with zero attached hydrogens (tertiary/aromatic N) is 4. The van der Waals surface area contributed by atoms with E-state index in [1.807, 2.05) is 6.08 Å². The molecule has 0 saturated carbocycles. The van der Waals surface area contributed by atoms with Gasteiger partial charge < -0.3 is 4.90 Å². The first-order valence-corrected chi connectivity index (χ1v) is 8.67. The summed E-state index contributed by atoms with van der Waals surface area (Å²) in [6.07, 6.45) is 7.95. The molecule has 1 amide bonds. The van der Waals surface area contributed by atoms with Gasteiger partial charge in [0, 0.05) is 24.8 Å². The number of carbonyl (C=O) groups excluding carboxylic acids is 1. The maximum Gasteiger partial charge on any atom is 0.257 e. The molecule has 3 aromatic rings. The van der Waals surface area contributed by atoms with Crippen LogP contribution in [0, 0.1) is 12.7 Å². The van der Waals surface area contributed by atoms with E-state index in [2.05, 4.69) is 16.2 Å². The predicted octanol–water partition coefficient (Wildman–Crippen LogP) is 3.90. The standard InChI is InChI=1S/C19H16ClFN4O/c1-12-13(19(26)24-8-3-2-4-9-24)10-22-18-14(11-23-25(12)18)17-15(20)6-5-7-16(17)21/h2-3,5-7,10-11H,4,8-9H2,1H3. The second-order valence-corrected chi connectivity index (χ2v) is 6.57. The molecule has 0 radical (unpaired) electrons. The van der Waals surface area contributed by atoms with E-state index in [4.69, 9.17) is 11.6 Å². The first kappa shape index (κ1) is 16.7. The lowest BCUT2D eigenvalue weighted by Crippen LogP contribution is -2.34. The number of hydrogen-bond donors (Lipinski definition) is 0. The first-order valence-electron chi connectivity index (χ1n) is 8.30. The van der Waals surface area contributed by atoms with E-state index in [0.717, 1.165) is 6.42 Å².